The Bertz CT molecular complexity index is 848. The molecule has 0 fully saturated rings. The fourth-order valence-corrected chi connectivity index (χ4v) is 2.48. The van der Waals surface area contributed by atoms with Crippen molar-refractivity contribution in [3.63, 3.8) is 0 Å². The molecule has 0 atom stereocenters. The third kappa shape index (κ3) is 2.57. The zero-order valence-electron chi connectivity index (χ0n) is 12.2. The van der Waals surface area contributed by atoms with E-state index in [9.17, 15) is 19.3 Å². The Kier molecular flexibility index (Phi) is 3.61. The number of fused-ring (bicyclic) bond motifs is 1. The van der Waals surface area contributed by atoms with Gasteiger partial charge in [-0.05, 0) is 18.2 Å². The van der Waals surface area contributed by atoms with Gasteiger partial charge in [-0.2, -0.15) is 0 Å². The van der Waals surface area contributed by atoms with Gasteiger partial charge in [0.15, 0.2) is 0 Å². The van der Waals surface area contributed by atoms with E-state index in [1.165, 1.54) is 35.2 Å². The van der Waals surface area contributed by atoms with E-state index < -0.39 is 10.7 Å². The number of nitro benzene ring substituents is 1. The number of nitrogens with zero attached hydrogens (tertiary/aromatic N) is 3. The summed E-state index contributed by atoms with van der Waals surface area (Å²) in [4.78, 5) is 28.1. The standard InChI is InChI=1S/C16H12FN3O3/c1-19-14-7-6-10(20(22)23)8-12(14)16(18-9-15(19)21)11-4-2-3-5-13(11)17/h2-8H,9H2,1H3/i1-1. The van der Waals surface area contributed by atoms with Crippen LogP contribution in [0.4, 0.5) is 15.8 Å². The second-order valence-electron chi connectivity index (χ2n) is 5.06. The lowest BCUT2D eigenvalue weighted by molar-refractivity contribution is -0.384. The molecule has 6 nitrogen and oxygen atoms in total. The first-order valence-corrected chi connectivity index (χ1v) is 6.84. The molecule has 0 spiro atoms. The highest BCUT2D eigenvalue weighted by molar-refractivity contribution is 6.19. The van der Waals surface area contributed by atoms with Gasteiger partial charge in [0, 0.05) is 30.3 Å². The van der Waals surface area contributed by atoms with Gasteiger partial charge in [-0.3, -0.25) is 19.9 Å². The minimum absolute atomic E-state index is 0.143. The van der Waals surface area contributed by atoms with Crippen molar-refractivity contribution in [2.75, 3.05) is 18.5 Å². The number of nitro groups is 1. The average Bonchev–Trinajstić information content (AvgIpc) is 2.66. The van der Waals surface area contributed by atoms with Crippen molar-refractivity contribution in [3.8, 4) is 0 Å². The molecule has 1 heterocycles. The number of rotatable bonds is 2. The molecule has 7 heteroatoms. The molecule has 0 bridgehead atoms. The fourth-order valence-electron chi connectivity index (χ4n) is 2.48. The lowest BCUT2D eigenvalue weighted by Gasteiger charge is -2.17. The number of anilines is 1. The van der Waals surface area contributed by atoms with E-state index in [-0.39, 0.29) is 29.4 Å². The molecule has 0 aromatic heterocycles. The number of aliphatic imine (C=N–C) groups is 1. The Balaban J connectivity index is 2.27. The molecule has 1 aliphatic rings. The normalized spacial score (nSPS) is 14.1. The lowest BCUT2D eigenvalue weighted by Crippen LogP contribution is -2.27. The maximum absolute atomic E-state index is 14.1. The van der Waals surface area contributed by atoms with Crippen molar-refractivity contribution >= 4 is 23.0 Å². The van der Waals surface area contributed by atoms with Crippen molar-refractivity contribution in [2.45, 2.75) is 0 Å². The van der Waals surface area contributed by atoms with E-state index in [4.69, 9.17) is 0 Å². The Morgan fingerprint density at radius 3 is 2.65 bits per heavy atom. The molecule has 1 amide bonds. The SMILES string of the molecule is [11CH3]N1C(=O)CN=C(c2ccccc2F)c2cc([N+](=O)[O-])ccc21. The van der Waals surface area contributed by atoms with Crippen molar-refractivity contribution < 1.29 is 14.1 Å². The van der Waals surface area contributed by atoms with Gasteiger partial charge in [0.25, 0.3) is 5.69 Å². The summed E-state index contributed by atoms with van der Waals surface area (Å²) in [5.41, 5.74) is 1.12. The Morgan fingerprint density at radius 2 is 1.96 bits per heavy atom. The Hall–Kier alpha value is -3.09. The summed E-state index contributed by atoms with van der Waals surface area (Å²) in [6.45, 7) is -0.150. The first-order valence-electron chi connectivity index (χ1n) is 6.84. The van der Waals surface area contributed by atoms with Gasteiger partial charge in [0.2, 0.25) is 5.91 Å². The number of hydrogen-bond donors (Lipinski definition) is 0. The number of benzodiazepines with no additional fused rings is 1. The predicted octanol–water partition coefficient (Wildman–Crippen LogP) is 2.55. The van der Waals surface area contributed by atoms with E-state index in [1.54, 1.807) is 19.2 Å². The smallest absolute Gasteiger partial charge is 0.270 e. The minimum Gasteiger partial charge on any atom is -0.313 e. The van der Waals surface area contributed by atoms with Gasteiger partial charge in [-0.25, -0.2) is 4.39 Å². The second kappa shape index (κ2) is 5.60. The van der Waals surface area contributed by atoms with E-state index in [0.717, 1.165) is 0 Å². The molecule has 2 aromatic carbocycles. The van der Waals surface area contributed by atoms with Gasteiger partial charge in [-0.15, -0.1) is 0 Å². The van der Waals surface area contributed by atoms with Crippen LogP contribution in [0.25, 0.3) is 0 Å². The van der Waals surface area contributed by atoms with E-state index in [0.29, 0.717) is 11.3 Å². The second-order valence-corrected chi connectivity index (χ2v) is 5.06. The van der Waals surface area contributed by atoms with Crippen LogP contribution in [0, 0.1) is 15.9 Å². The van der Waals surface area contributed by atoms with Crippen LogP contribution in [0.2, 0.25) is 0 Å². The Morgan fingerprint density at radius 1 is 1.22 bits per heavy atom. The molecule has 116 valence electrons. The van der Waals surface area contributed by atoms with Gasteiger partial charge < -0.3 is 4.90 Å². The molecule has 0 radical (unpaired) electrons. The number of non-ortho nitro benzene ring substituents is 1. The van der Waals surface area contributed by atoms with Crippen LogP contribution in [-0.4, -0.2) is 30.1 Å². The number of benzene rings is 2. The topological polar surface area (TPSA) is 75.8 Å². The maximum Gasteiger partial charge on any atom is 0.270 e. The van der Waals surface area contributed by atoms with Crippen LogP contribution < -0.4 is 4.90 Å². The third-order valence-corrected chi connectivity index (χ3v) is 3.68. The molecule has 0 aliphatic carbocycles. The van der Waals surface area contributed by atoms with Gasteiger partial charge in [-0.1, -0.05) is 12.1 Å². The zero-order valence-corrected chi connectivity index (χ0v) is 12.2. The van der Waals surface area contributed by atoms with E-state index >= 15 is 0 Å². The average molecular weight is 312 g/mol. The number of hydrogen-bond acceptors (Lipinski definition) is 4. The van der Waals surface area contributed by atoms with Gasteiger partial charge in [0.05, 0.1) is 16.3 Å². The first kappa shape index (κ1) is 14.8. The minimum atomic E-state index is -0.536. The molecule has 1 aliphatic heterocycles. The summed E-state index contributed by atoms with van der Waals surface area (Å²) < 4.78 is 14.1. The number of carbonyl (C=O) groups excluding carboxylic acids is 1. The number of likely N-dealkylation sites (N-methyl/N-ethyl adjacent to an activating group) is 1. The number of amides is 1. The first-order chi connectivity index (χ1) is 11.0. The van der Waals surface area contributed by atoms with Crippen LogP contribution >= 0.6 is 0 Å². The van der Waals surface area contributed by atoms with Crippen molar-refractivity contribution in [2.24, 2.45) is 4.99 Å². The number of halogens is 1. The monoisotopic (exact) mass is 312 g/mol. The molecule has 3 rings (SSSR count). The summed E-state index contributed by atoms with van der Waals surface area (Å²) in [5.74, 6) is -0.771. The molecule has 0 unspecified atom stereocenters. The lowest BCUT2D eigenvalue weighted by atomic mass is 9.98. The highest BCUT2D eigenvalue weighted by Crippen LogP contribution is 2.30. The zero-order chi connectivity index (χ0) is 16.6. The quantitative estimate of drug-likeness (QED) is 0.631. The van der Waals surface area contributed by atoms with Gasteiger partial charge in [0.1, 0.15) is 12.4 Å². The van der Waals surface area contributed by atoms with Crippen molar-refractivity contribution in [1.82, 2.24) is 0 Å². The summed E-state index contributed by atoms with van der Waals surface area (Å²) in [6.07, 6.45) is 0. The van der Waals surface area contributed by atoms with Crippen LogP contribution in [0.15, 0.2) is 47.5 Å². The largest absolute Gasteiger partial charge is 0.313 e. The van der Waals surface area contributed by atoms with E-state index in [2.05, 4.69) is 4.99 Å². The van der Waals surface area contributed by atoms with Crippen LogP contribution in [0.1, 0.15) is 11.1 Å². The summed E-state index contributed by atoms with van der Waals surface area (Å²) in [7, 11) is 1.56. The number of carbonyl (C=O) groups is 1. The molecule has 0 N–H and O–H groups in total. The third-order valence-electron chi connectivity index (χ3n) is 3.68. The van der Waals surface area contributed by atoms with Crippen LogP contribution in [0.3, 0.4) is 0 Å². The van der Waals surface area contributed by atoms with E-state index in [1.807, 2.05) is 0 Å². The molecular formula is C16H12FN3O3. The van der Waals surface area contributed by atoms with Crippen LogP contribution in [-0.2, 0) is 4.79 Å². The van der Waals surface area contributed by atoms with Crippen molar-refractivity contribution in [3.05, 3.63) is 69.5 Å². The molecule has 0 saturated carbocycles. The van der Waals surface area contributed by atoms with Crippen LogP contribution in [0.5, 0.6) is 0 Å². The molecule has 2 aromatic rings. The van der Waals surface area contributed by atoms with Crippen molar-refractivity contribution in [1.29, 1.82) is 0 Å². The molecule has 23 heavy (non-hydrogen) atoms. The van der Waals surface area contributed by atoms with Gasteiger partial charge >= 0.3 is 0 Å². The highest BCUT2D eigenvalue weighted by atomic mass is 19.1. The molecular weight excluding hydrogens is 300 g/mol. The summed E-state index contributed by atoms with van der Waals surface area (Å²) in [6, 6.07) is 10.1. The highest BCUT2D eigenvalue weighted by Gasteiger charge is 2.25. The Labute approximate surface area is 131 Å². The maximum atomic E-state index is 14.1. The fraction of sp³-hybridized carbons (Fsp3) is 0.125. The summed E-state index contributed by atoms with van der Waals surface area (Å²) in [5, 5.41) is 11.0. The predicted molar refractivity (Wildman–Crippen MR) is 83.4 cm³/mol. The molecule has 0 saturated heterocycles. The summed E-state index contributed by atoms with van der Waals surface area (Å²) >= 11 is 0.